The topological polar surface area (TPSA) is 12.0 Å². The highest BCUT2D eigenvalue weighted by atomic mass is 14.9. The van der Waals surface area contributed by atoms with Gasteiger partial charge in [-0.05, 0) is 31.2 Å². The van der Waals surface area contributed by atoms with Gasteiger partial charge in [0.2, 0.25) is 0 Å². The second-order valence-corrected chi connectivity index (χ2v) is 7.33. The molecule has 0 saturated carbocycles. The molecule has 1 N–H and O–H groups in total. The van der Waals surface area contributed by atoms with E-state index in [2.05, 4.69) is 39.9 Å². The van der Waals surface area contributed by atoms with Gasteiger partial charge in [0.25, 0.3) is 0 Å². The summed E-state index contributed by atoms with van der Waals surface area (Å²) in [6.45, 7) is 12.8. The van der Waals surface area contributed by atoms with Gasteiger partial charge in [0.1, 0.15) is 0 Å². The van der Waals surface area contributed by atoms with E-state index in [9.17, 15) is 0 Å². The van der Waals surface area contributed by atoms with Crippen molar-refractivity contribution >= 4 is 0 Å². The molecule has 0 aromatic carbocycles. The van der Waals surface area contributed by atoms with Crippen LogP contribution in [-0.4, -0.2) is 12.6 Å². The SMILES string of the molecule is CCCCCCCCCC(CC(C)(C)C)NCCC. The second-order valence-electron chi connectivity index (χ2n) is 7.33. The molecule has 0 aromatic heterocycles. The minimum atomic E-state index is 0.451. The Morgan fingerprint density at radius 3 is 1.89 bits per heavy atom. The van der Waals surface area contributed by atoms with Crippen LogP contribution in [-0.2, 0) is 0 Å². The van der Waals surface area contributed by atoms with Gasteiger partial charge in [-0.2, -0.15) is 0 Å². The maximum Gasteiger partial charge on any atom is 0.00720 e. The summed E-state index contributed by atoms with van der Waals surface area (Å²) in [7, 11) is 0. The highest BCUT2D eigenvalue weighted by Gasteiger charge is 2.17. The molecular weight excluding hydrogens is 230 g/mol. The van der Waals surface area contributed by atoms with Gasteiger partial charge in [-0.25, -0.2) is 0 Å². The van der Waals surface area contributed by atoms with E-state index in [1.165, 1.54) is 70.8 Å². The van der Waals surface area contributed by atoms with Crippen LogP contribution in [0.25, 0.3) is 0 Å². The summed E-state index contributed by atoms with van der Waals surface area (Å²) in [6, 6.07) is 0.732. The molecule has 0 rings (SSSR count). The first kappa shape index (κ1) is 19.0. The maximum absolute atomic E-state index is 3.74. The Morgan fingerprint density at radius 2 is 1.37 bits per heavy atom. The molecule has 0 aromatic rings. The molecule has 0 heterocycles. The van der Waals surface area contributed by atoms with E-state index in [1.54, 1.807) is 0 Å². The van der Waals surface area contributed by atoms with Crippen LogP contribution in [0.5, 0.6) is 0 Å². The van der Waals surface area contributed by atoms with E-state index in [0.717, 1.165) is 6.04 Å². The van der Waals surface area contributed by atoms with Crippen LogP contribution in [0, 0.1) is 5.41 Å². The van der Waals surface area contributed by atoms with E-state index >= 15 is 0 Å². The summed E-state index contributed by atoms with van der Waals surface area (Å²) < 4.78 is 0. The van der Waals surface area contributed by atoms with Gasteiger partial charge in [0.15, 0.2) is 0 Å². The van der Waals surface area contributed by atoms with Crippen molar-refractivity contribution in [1.29, 1.82) is 0 Å². The zero-order chi connectivity index (χ0) is 14.6. The fourth-order valence-corrected chi connectivity index (χ4v) is 2.71. The predicted octanol–water partition coefficient (Wildman–Crippen LogP) is 5.93. The number of nitrogens with one attached hydrogen (secondary N) is 1. The second kappa shape index (κ2) is 11.8. The summed E-state index contributed by atoms with van der Waals surface area (Å²) in [5.74, 6) is 0. The first-order valence-corrected chi connectivity index (χ1v) is 8.73. The van der Waals surface area contributed by atoms with Gasteiger partial charge in [0, 0.05) is 6.04 Å². The van der Waals surface area contributed by atoms with Crippen LogP contribution < -0.4 is 5.32 Å². The van der Waals surface area contributed by atoms with Crippen LogP contribution in [0.1, 0.15) is 98.8 Å². The van der Waals surface area contributed by atoms with Gasteiger partial charge >= 0.3 is 0 Å². The zero-order valence-corrected chi connectivity index (χ0v) is 14.4. The fourth-order valence-electron chi connectivity index (χ4n) is 2.71. The molecule has 0 amide bonds. The van der Waals surface area contributed by atoms with Crippen molar-refractivity contribution in [2.75, 3.05) is 6.54 Å². The van der Waals surface area contributed by atoms with Crippen LogP contribution in [0.4, 0.5) is 0 Å². The molecule has 0 radical (unpaired) electrons. The molecule has 0 spiro atoms. The van der Waals surface area contributed by atoms with Crippen LogP contribution in [0.2, 0.25) is 0 Å². The third-order valence-corrected chi connectivity index (χ3v) is 3.70. The fraction of sp³-hybridized carbons (Fsp3) is 1.00. The standard InChI is InChI=1S/C18H39N/c1-6-8-9-10-11-12-13-14-17(19-15-7-2)16-18(3,4)5/h17,19H,6-16H2,1-5H3. The Labute approximate surface area is 122 Å². The minimum absolute atomic E-state index is 0.451. The van der Waals surface area contributed by atoms with Crippen molar-refractivity contribution in [3.63, 3.8) is 0 Å². The Bertz CT molecular complexity index is 181. The highest BCUT2D eigenvalue weighted by Crippen LogP contribution is 2.23. The molecule has 0 bridgehead atoms. The summed E-state index contributed by atoms with van der Waals surface area (Å²) in [5, 5.41) is 3.74. The van der Waals surface area contributed by atoms with Crippen molar-refractivity contribution in [1.82, 2.24) is 5.32 Å². The van der Waals surface area contributed by atoms with Gasteiger partial charge in [0.05, 0.1) is 0 Å². The van der Waals surface area contributed by atoms with Crippen molar-refractivity contribution in [2.24, 2.45) is 5.41 Å². The van der Waals surface area contributed by atoms with Crippen LogP contribution in [0.15, 0.2) is 0 Å². The quantitative estimate of drug-likeness (QED) is 0.433. The lowest BCUT2D eigenvalue weighted by Gasteiger charge is -2.27. The number of rotatable bonds is 12. The Kier molecular flexibility index (Phi) is 11.7. The van der Waals surface area contributed by atoms with Gasteiger partial charge < -0.3 is 5.32 Å². The summed E-state index contributed by atoms with van der Waals surface area (Å²) in [6.07, 6.45) is 13.9. The normalized spacial score (nSPS) is 13.7. The monoisotopic (exact) mass is 269 g/mol. The van der Waals surface area contributed by atoms with Crippen molar-refractivity contribution in [3.05, 3.63) is 0 Å². The molecule has 19 heavy (non-hydrogen) atoms. The predicted molar refractivity (Wildman–Crippen MR) is 88.8 cm³/mol. The molecule has 1 unspecified atom stereocenters. The molecule has 0 fully saturated rings. The van der Waals surface area contributed by atoms with E-state index in [0.29, 0.717) is 5.41 Å². The van der Waals surface area contributed by atoms with Crippen LogP contribution >= 0.6 is 0 Å². The molecule has 0 aliphatic heterocycles. The van der Waals surface area contributed by atoms with E-state index in [-0.39, 0.29) is 0 Å². The van der Waals surface area contributed by atoms with E-state index in [4.69, 9.17) is 0 Å². The molecule has 116 valence electrons. The van der Waals surface area contributed by atoms with Crippen molar-refractivity contribution in [3.8, 4) is 0 Å². The first-order chi connectivity index (χ1) is 8.99. The largest absolute Gasteiger partial charge is 0.314 e. The molecule has 1 nitrogen and oxygen atoms in total. The van der Waals surface area contributed by atoms with Crippen LogP contribution in [0.3, 0.4) is 0 Å². The zero-order valence-electron chi connectivity index (χ0n) is 14.4. The van der Waals surface area contributed by atoms with Gasteiger partial charge in [-0.1, -0.05) is 79.6 Å². The van der Waals surface area contributed by atoms with Crippen molar-refractivity contribution < 1.29 is 0 Å². The molecule has 0 aliphatic rings. The Morgan fingerprint density at radius 1 is 0.789 bits per heavy atom. The van der Waals surface area contributed by atoms with Gasteiger partial charge in [-0.15, -0.1) is 0 Å². The third kappa shape index (κ3) is 14.2. The summed E-state index contributed by atoms with van der Waals surface area (Å²) >= 11 is 0. The molecule has 1 heteroatoms. The molecule has 0 saturated heterocycles. The average molecular weight is 270 g/mol. The number of unbranched alkanes of at least 4 members (excludes halogenated alkanes) is 6. The summed E-state index contributed by atoms with van der Waals surface area (Å²) in [5.41, 5.74) is 0.451. The molecule has 1 atom stereocenters. The summed E-state index contributed by atoms with van der Waals surface area (Å²) in [4.78, 5) is 0. The lowest BCUT2D eigenvalue weighted by atomic mass is 9.86. The lowest BCUT2D eigenvalue weighted by Crippen LogP contribution is -2.33. The number of hydrogen-bond donors (Lipinski definition) is 1. The Hall–Kier alpha value is -0.0400. The minimum Gasteiger partial charge on any atom is -0.314 e. The van der Waals surface area contributed by atoms with E-state index < -0.39 is 0 Å². The van der Waals surface area contributed by atoms with E-state index in [1.807, 2.05) is 0 Å². The molecule has 0 aliphatic carbocycles. The Balaban J connectivity index is 3.67. The lowest BCUT2D eigenvalue weighted by molar-refractivity contribution is 0.293. The highest BCUT2D eigenvalue weighted by molar-refractivity contribution is 4.74. The first-order valence-electron chi connectivity index (χ1n) is 8.73. The maximum atomic E-state index is 3.74. The molecular formula is C18H39N. The van der Waals surface area contributed by atoms with Crippen molar-refractivity contribution in [2.45, 2.75) is 105 Å². The smallest absolute Gasteiger partial charge is 0.00720 e. The average Bonchev–Trinajstić information content (AvgIpc) is 2.33. The number of hydrogen-bond acceptors (Lipinski definition) is 1. The van der Waals surface area contributed by atoms with Gasteiger partial charge in [-0.3, -0.25) is 0 Å². The third-order valence-electron chi connectivity index (χ3n) is 3.70.